The standard InChI is InChI=1S/C9H14N2O/c1-9(2-5-10)3-6-11(8-12)7-4-9/h8H,2-4,6-7H2,1H3. The van der Waals surface area contributed by atoms with Crippen molar-refractivity contribution in [1.82, 2.24) is 4.90 Å². The molecule has 3 nitrogen and oxygen atoms in total. The quantitative estimate of drug-likeness (QED) is 0.578. The number of carbonyl (C=O) groups is 1. The number of rotatable bonds is 2. The molecule has 0 unspecified atom stereocenters. The lowest BCUT2D eigenvalue weighted by Gasteiger charge is -2.36. The Kier molecular flexibility index (Phi) is 2.69. The Balaban J connectivity index is 2.44. The SMILES string of the molecule is CC1(CC#N)CCN(C=O)CC1. The topological polar surface area (TPSA) is 44.1 Å². The van der Waals surface area contributed by atoms with Crippen LogP contribution in [-0.2, 0) is 4.79 Å². The monoisotopic (exact) mass is 166 g/mol. The Morgan fingerprint density at radius 1 is 1.58 bits per heavy atom. The molecule has 1 fully saturated rings. The van der Waals surface area contributed by atoms with Crippen molar-refractivity contribution in [3.63, 3.8) is 0 Å². The van der Waals surface area contributed by atoms with E-state index in [2.05, 4.69) is 13.0 Å². The summed E-state index contributed by atoms with van der Waals surface area (Å²) in [6.07, 6.45) is 3.42. The Labute approximate surface area is 73.0 Å². The van der Waals surface area contributed by atoms with Crippen molar-refractivity contribution < 1.29 is 4.79 Å². The van der Waals surface area contributed by atoms with Crippen LogP contribution in [0.4, 0.5) is 0 Å². The zero-order valence-corrected chi connectivity index (χ0v) is 7.42. The molecule has 0 saturated carbocycles. The van der Waals surface area contributed by atoms with Crippen molar-refractivity contribution in [1.29, 1.82) is 5.26 Å². The van der Waals surface area contributed by atoms with E-state index in [-0.39, 0.29) is 5.41 Å². The summed E-state index contributed by atoms with van der Waals surface area (Å²) in [4.78, 5) is 12.2. The first-order valence-electron chi connectivity index (χ1n) is 4.26. The van der Waals surface area contributed by atoms with Crippen LogP contribution in [0.15, 0.2) is 0 Å². The minimum absolute atomic E-state index is 0.147. The molecule has 0 spiro atoms. The molecule has 0 aromatic heterocycles. The van der Waals surface area contributed by atoms with Gasteiger partial charge in [0.05, 0.1) is 6.07 Å². The Hall–Kier alpha value is -1.04. The number of carbonyl (C=O) groups excluding carboxylic acids is 1. The van der Waals surface area contributed by atoms with Crippen LogP contribution in [0, 0.1) is 16.7 Å². The van der Waals surface area contributed by atoms with Gasteiger partial charge >= 0.3 is 0 Å². The van der Waals surface area contributed by atoms with Crippen LogP contribution in [0.1, 0.15) is 26.2 Å². The zero-order valence-electron chi connectivity index (χ0n) is 7.42. The average molecular weight is 166 g/mol. The second-order valence-corrected chi connectivity index (χ2v) is 3.79. The number of piperidine rings is 1. The van der Waals surface area contributed by atoms with Gasteiger partial charge < -0.3 is 4.90 Å². The first kappa shape index (κ1) is 9.05. The van der Waals surface area contributed by atoms with Gasteiger partial charge in [-0.3, -0.25) is 4.79 Å². The lowest BCUT2D eigenvalue weighted by molar-refractivity contribution is -0.120. The minimum atomic E-state index is 0.147. The zero-order chi connectivity index (χ0) is 9.03. The molecule has 0 bridgehead atoms. The van der Waals surface area contributed by atoms with Gasteiger partial charge in [-0.05, 0) is 18.3 Å². The third kappa shape index (κ3) is 1.97. The number of amides is 1. The molecule has 1 amide bonds. The lowest BCUT2D eigenvalue weighted by Crippen LogP contribution is -2.37. The molecule has 1 saturated heterocycles. The third-order valence-corrected chi connectivity index (χ3v) is 2.66. The smallest absolute Gasteiger partial charge is 0.209 e. The maximum Gasteiger partial charge on any atom is 0.209 e. The third-order valence-electron chi connectivity index (χ3n) is 2.66. The molecule has 1 heterocycles. The van der Waals surface area contributed by atoms with Crippen molar-refractivity contribution in [2.45, 2.75) is 26.2 Å². The van der Waals surface area contributed by atoms with E-state index in [1.165, 1.54) is 0 Å². The Morgan fingerprint density at radius 3 is 2.58 bits per heavy atom. The van der Waals surface area contributed by atoms with E-state index in [0.29, 0.717) is 6.42 Å². The van der Waals surface area contributed by atoms with Crippen LogP contribution in [0.25, 0.3) is 0 Å². The maximum absolute atomic E-state index is 10.4. The maximum atomic E-state index is 10.4. The van der Waals surface area contributed by atoms with Crippen molar-refractivity contribution in [2.75, 3.05) is 13.1 Å². The molecule has 1 rings (SSSR count). The summed E-state index contributed by atoms with van der Waals surface area (Å²) in [7, 11) is 0. The number of hydrogen-bond acceptors (Lipinski definition) is 2. The highest BCUT2D eigenvalue weighted by Gasteiger charge is 2.28. The van der Waals surface area contributed by atoms with Crippen LogP contribution in [0.2, 0.25) is 0 Å². The summed E-state index contributed by atoms with van der Waals surface area (Å²) in [5.74, 6) is 0. The minimum Gasteiger partial charge on any atom is -0.345 e. The number of nitrogens with zero attached hydrogens (tertiary/aromatic N) is 2. The highest BCUT2D eigenvalue weighted by molar-refractivity contribution is 5.47. The summed E-state index contributed by atoms with van der Waals surface area (Å²) < 4.78 is 0. The summed E-state index contributed by atoms with van der Waals surface area (Å²) in [6, 6.07) is 2.20. The van der Waals surface area contributed by atoms with Crippen LogP contribution in [0.5, 0.6) is 0 Å². The van der Waals surface area contributed by atoms with E-state index in [1.807, 2.05) is 0 Å². The van der Waals surface area contributed by atoms with Gasteiger partial charge in [0.1, 0.15) is 0 Å². The summed E-state index contributed by atoms with van der Waals surface area (Å²) in [6.45, 7) is 3.74. The number of hydrogen-bond donors (Lipinski definition) is 0. The second kappa shape index (κ2) is 3.57. The number of nitriles is 1. The summed E-state index contributed by atoms with van der Waals surface area (Å²) in [5, 5.41) is 8.57. The molecule has 1 aliphatic heterocycles. The van der Waals surface area contributed by atoms with Gasteiger partial charge in [-0.25, -0.2) is 0 Å². The molecular weight excluding hydrogens is 152 g/mol. The van der Waals surface area contributed by atoms with Crippen molar-refractivity contribution in [2.24, 2.45) is 5.41 Å². The van der Waals surface area contributed by atoms with Crippen LogP contribution in [0.3, 0.4) is 0 Å². The normalized spacial score (nSPS) is 21.5. The van der Waals surface area contributed by atoms with Gasteiger partial charge in [-0.2, -0.15) is 5.26 Å². The van der Waals surface area contributed by atoms with E-state index in [4.69, 9.17) is 5.26 Å². The van der Waals surface area contributed by atoms with Gasteiger partial charge in [-0.15, -0.1) is 0 Å². The van der Waals surface area contributed by atoms with Crippen molar-refractivity contribution in [3.05, 3.63) is 0 Å². The first-order chi connectivity index (χ1) is 5.70. The van der Waals surface area contributed by atoms with E-state index >= 15 is 0 Å². The number of likely N-dealkylation sites (tertiary alicyclic amines) is 1. The van der Waals surface area contributed by atoms with Crippen LogP contribution in [-0.4, -0.2) is 24.4 Å². The van der Waals surface area contributed by atoms with E-state index in [9.17, 15) is 4.79 Å². The summed E-state index contributed by atoms with van der Waals surface area (Å²) in [5.41, 5.74) is 0.147. The van der Waals surface area contributed by atoms with E-state index in [1.54, 1.807) is 4.90 Å². The van der Waals surface area contributed by atoms with Gasteiger partial charge in [0.2, 0.25) is 6.41 Å². The highest BCUT2D eigenvalue weighted by atomic mass is 16.1. The van der Waals surface area contributed by atoms with Crippen molar-refractivity contribution >= 4 is 6.41 Å². The molecule has 0 N–H and O–H groups in total. The molecule has 3 heteroatoms. The van der Waals surface area contributed by atoms with E-state index < -0.39 is 0 Å². The molecule has 66 valence electrons. The molecule has 0 aromatic carbocycles. The molecular formula is C9H14N2O. The fourth-order valence-electron chi connectivity index (χ4n) is 1.54. The molecule has 12 heavy (non-hydrogen) atoms. The van der Waals surface area contributed by atoms with Gasteiger partial charge in [-0.1, -0.05) is 6.92 Å². The Morgan fingerprint density at radius 2 is 2.17 bits per heavy atom. The predicted octanol–water partition coefficient (Wildman–Crippen LogP) is 1.16. The Bertz CT molecular complexity index is 199. The molecule has 0 atom stereocenters. The average Bonchev–Trinajstić information content (AvgIpc) is 2.06. The van der Waals surface area contributed by atoms with Gasteiger partial charge in [0.25, 0.3) is 0 Å². The molecule has 0 aliphatic carbocycles. The predicted molar refractivity (Wildman–Crippen MR) is 45.2 cm³/mol. The summed E-state index contributed by atoms with van der Waals surface area (Å²) >= 11 is 0. The highest BCUT2D eigenvalue weighted by Crippen LogP contribution is 2.33. The molecule has 1 aliphatic rings. The van der Waals surface area contributed by atoms with Crippen molar-refractivity contribution in [3.8, 4) is 6.07 Å². The van der Waals surface area contributed by atoms with Crippen LogP contribution < -0.4 is 0 Å². The fourth-order valence-corrected chi connectivity index (χ4v) is 1.54. The lowest BCUT2D eigenvalue weighted by atomic mass is 9.78. The van der Waals surface area contributed by atoms with Crippen LogP contribution >= 0.6 is 0 Å². The fraction of sp³-hybridized carbons (Fsp3) is 0.778. The molecule has 0 radical (unpaired) electrons. The first-order valence-corrected chi connectivity index (χ1v) is 4.26. The van der Waals surface area contributed by atoms with E-state index in [0.717, 1.165) is 32.3 Å². The second-order valence-electron chi connectivity index (χ2n) is 3.79. The van der Waals surface area contributed by atoms with Gasteiger partial charge in [0.15, 0.2) is 0 Å². The largest absolute Gasteiger partial charge is 0.345 e. The van der Waals surface area contributed by atoms with Gasteiger partial charge in [0, 0.05) is 19.5 Å². The molecule has 0 aromatic rings.